The van der Waals surface area contributed by atoms with Crippen LogP contribution in [0, 0.1) is 12.7 Å². The summed E-state index contributed by atoms with van der Waals surface area (Å²) in [5.74, 6) is -0.332. The summed E-state index contributed by atoms with van der Waals surface area (Å²) in [6, 6.07) is 4.82. The Morgan fingerprint density at radius 2 is 2.13 bits per heavy atom. The highest BCUT2D eigenvalue weighted by molar-refractivity contribution is 6.32. The zero-order valence-electron chi connectivity index (χ0n) is 8.04. The number of hydrogen-bond acceptors (Lipinski definition) is 2. The van der Waals surface area contributed by atoms with Gasteiger partial charge in [0.1, 0.15) is 12.1 Å². The second-order valence-electron chi connectivity index (χ2n) is 3.20. The molecule has 15 heavy (non-hydrogen) atoms. The topological polar surface area (TPSA) is 25.8 Å². The van der Waals surface area contributed by atoms with Crippen molar-refractivity contribution >= 4 is 11.6 Å². The first-order valence-corrected chi connectivity index (χ1v) is 4.78. The van der Waals surface area contributed by atoms with E-state index < -0.39 is 0 Å². The van der Waals surface area contributed by atoms with Gasteiger partial charge in [-0.15, -0.1) is 0 Å². The Bertz CT molecular complexity index is 500. The summed E-state index contributed by atoms with van der Waals surface area (Å²) < 4.78 is 13.5. The number of aromatic nitrogens is 2. The Kier molecular flexibility index (Phi) is 2.64. The van der Waals surface area contributed by atoms with Crippen LogP contribution in [0.4, 0.5) is 4.39 Å². The number of hydrogen-bond donors (Lipinski definition) is 0. The summed E-state index contributed by atoms with van der Waals surface area (Å²) in [5, 5.41) is 0.349. The van der Waals surface area contributed by atoms with Gasteiger partial charge in [0.25, 0.3) is 0 Å². The predicted octanol–water partition coefficient (Wildman–Crippen LogP) is 3.24. The van der Waals surface area contributed by atoms with Gasteiger partial charge >= 0.3 is 0 Å². The maximum Gasteiger partial charge on any atom is 0.132 e. The van der Waals surface area contributed by atoms with E-state index in [-0.39, 0.29) is 5.82 Å². The van der Waals surface area contributed by atoms with Gasteiger partial charge in [-0.05, 0) is 19.1 Å². The van der Waals surface area contributed by atoms with Gasteiger partial charge in [0.05, 0.1) is 10.7 Å². The summed E-state index contributed by atoms with van der Waals surface area (Å²) in [7, 11) is 0. The highest BCUT2D eigenvalue weighted by Crippen LogP contribution is 2.27. The van der Waals surface area contributed by atoms with Crippen molar-refractivity contribution in [1.82, 2.24) is 9.97 Å². The normalized spacial score (nSPS) is 10.3. The van der Waals surface area contributed by atoms with E-state index in [1.807, 2.05) is 6.92 Å². The number of rotatable bonds is 1. The molecule has 1 aromatic heterocycles. The largest absolute Gasteiger partial charge is 0.243 e. The van der Waals surface area contributed by atoms with Gasteiger partial charge in [-0.2, -0.15) is 0 Å². The minimum atomic E-state index is -0.332. The third kappa shape index (κ3) is 1.97. The van der Waals surface area contributed by atoms with E-state index >= 15 is 0 Å². The molecule has 2 aromatic rings. The Morgan fingerprint density at radius 1 is 1.33 bits per heavy atom. The van der Waals surface area contributed by atoms with Gasteiger partial charge in [0.15, 0.2) is 0 Å². The van der Waals surface area contributed by atoms with E-state index in [1.54, 1.807) is 12.1 Å². The lowest BCUT2D eigenvalue weighted by Crippen LogP contribution is -1.90. The fourth-order valence-electron chi connectivity index (χ4n) is 1.33. The first-order valence-electron chi connectivity index (χ1n) is 4.40. The van der Waals surface area contributed by atoms with Crippen LogP contribution >= 0.6 is 11.6 Å². The molecule has 0 saturated heterocycles. The van der Waals surface area contributed by atoms with Crippen molar-refractivity contribution < 1.29 is 4.39 Å². The molecule has 0 fully saturated rings. The molecule has 0 bridgehead atoms. The molecule has 0 atom stereocenters. The molecule has 0 spiro atoms. The summed E-state index contributed by atoms with van der Waals surface area (Å²) in [6.45, 7) is 1.89. The molecular weight excluding hydrogens is 215 g/mol. The van der Waals surface area contributed by atoms with Gasteiger partial charge in [-0.3, -0.25) is 0 Å². The van der Waals surface area contributed by atoms with Crippen LogP contribution in [0.25, 0.3) is 11.3 Å². The molecule has 4 heteroatoms. The fourth-order valence-corrected chi connectivity index (χ4v) is 1.54. The fraction of sp³-hybridized carbons (Fsp3) is 0.0909. The molecule has 0 amide bonds. The number of nitrogens with zero attached hydrogens (tertiary/aromatic N) is 2. The first kappa shape index (κ1) is 10.1. The van der Waals surface area contributed by atoms with Crippen LogP contribution in [-0.4, -0.2) is 9.97 Å². The lowest BCUT2D eigenvalue weighted by atomic mass is 10.1. The molecule has 2 nitrogen and oxygen atoms in total. The third-order valence-electron chi connectivity index (χ3n) is 2.04. The predicted molar refractivity (Wildman–Crippen MR) is 57.2 cm³/mol. The monoisotopic (exact) mass is 222 g/mol. The van der Waals surface area contributed by atoms with Crippen molar-refractivity contribution in [3.8, 4) is 11.3 Å². The molecular formula is C11H8ClFN2. The van der Waals surface area contributed by atoms with Crippen LogP contribution < -0.4 is 0 Å². The van der Waals surface area contributed by atoms with Gasteiger partial charge in [0.2, 0.25) is 0 Å². The van der Waals surface area contributed by atoms with Crippen molar-refractivity contribution in [3.63, 3.8) is 0 Å². The van der Waals surface area contributed by atoms with Crippen molar-refractivity contribution in [2.45, 2.75) is 6.92 Å². The maximum atomic E-state index is 13.5. The van der Waals surface area contributed by atoms with Crippen LogP contribution in [0.15, 0.2) is 30.7 Å². The quantitative estimate of drug-likeness (QED) is 0.740. The van der Waals surface area contributed by atoms with Crippen molar-refractivity contribution in [2.24, 2.45) is 0 Å². The number of benzene rings is 1. The molecule has 0 aliphatic carbocycles. The molecule has 0 saturated carbocycles. The summed E-state index contributed by atoms with van der Waals surface area (Å²) in [6.07, 6.45) is 2.80. The third-order valence-corrected chi connectivity index (χ3v) is 2.32. The van der Waals surface area contributed by atoms with Crippen LogP contribution in [-0.2, 0) is 0 Å². The second kappa shape index (κ2) is 3.95. The smallest absolute Gasteiger partial charge is 0.132 e. The maximum absolute atomic E-state index is 13.5. The molecule has 0 unspecified atom stereocenters. The molecule has 1 aromatic carbocycles. The molecule has 0 aliphatic heterocycles. The standard InChI is InChI=1S/C11H8ClFN2/c1-7-2-3-10(13)8(4-7)11-9(12)5-14-6-15-11/h2-6H,1H3. The zero-order valence-corrected chi connectivity index (χ0v) is 8.79. The van der Waals surface area contributed by atoms with Crippen LogP contribution in [0.1, 0.15) is 5.56 Å². The molecule has 0 radical (unpaired) electrons. The number of aryl methyl sites for hydroxylation is 1. The minimum Gasteiger partial charge on any atom is -0.243 e. The molecule has 2 rings (SSSR count). The Balaban J connectivity index is 2.64. The molecule has 1 heterocycles. The second-order valence-corrected chi connectivity index (χ2v) is 3.61. The van der Waals surface area contributed by atoms with E-state index in [9.17, 15) is 4.39 Å². The molecule has 76 valence electrons. The first-order chi connectivity index (χ1) is 7.18. The number of halogens is 2. The van der Waals surface area contributed by atoms with Crippen LogP contribution in [0.2, 0.25) is 5.02 Å². The van der Waals surface area contributed by atoms with E-state index in [1.165, 1.54) is 18.6 Å². The van der Waals surface area contributed by atoms with Gasteiger partial charge in [0, 0.05) is 11.8 Å². The van der Waals surface area contributed by atoms with Gasteiger partial charge in [-0.25, -0.2) is 14.4 Å². The van der Waals surface area contributed by atoms with E-state index in [0.29, 0.717) is 16.3 Å². The van der Waals surface area contributed by atoms with Crippen molar-refractivity contribution in [1.29, 1.82) is 0 Å². The zero-order chi connectivity index (χ0) is 10.8. The Hall–Kier alpha value is -1.48. The van der Waals surface area contributed by atoms with Crippen LogP contribution in [0.5, 0.6) is 0 Å². The molecule has 0 aliphatic rings. The Morgan fingerprint density at radius 3 is 2.87 bits per heavy atom. The van der Waals surface area contributed by atoms with E-state index in [2.05, 4.69) is 9.97 Å². The van der Waals surface area contributed by atoms with Crippen molar-refractivity contribution in [3.05, 3.63) is 47.1 Å². The van der Waals surface area contributed by atoms with E-state index in [0.717, 1.165) is 5.56 Å². The Labute approximate surface area is 91.8 Å². The SMILES string of the molecule is Cc1ccc(F)c(-c2ncncc2Cl)c1. The van der Waals surface area contributed by atoms with Crippen molar-refractivity contribution in [2.75, 3.05) is 0 Å². The average Bonchev–Trinajstić information content (AvgIpc) is 2.23. The van der Waals surface area contributed by atoms with Gasteiger partial charge < -0.3 is 0 Å². The minimum absolute atomic E-state index is 0.332. The summed E-state index contributed by atoms with van der Waals surface area (Å²) in [4.78, 5) is 7.72. The summed E-state index contributed by atoms with van der Waals surface area (Å²) >= 11 is 5.89. The lowest BCUT2D eigenvalue weighted by Gasteiger charge is -2.04. The van der Waals surface area contributed by atoms with Gasteiger partial charge in [-0.1, -0.05) is 23.2 Å². The van der Waals surface area contributed by atoms with E-state index in [4.69, 9.17) is 11.6 Å². The highest BCUT2D eigenvalue weighted by atomic mass is 35.5. The average molecular weight is 223 g/mol. The van der Waals surface area contributed by atoms with Crippen LogP contribution in [0.3, 0.4) is 0 Å². The lowest BCUT2D eigenvalue weighted by molar-refractivity contribution is 0.630. The molecule has 0 N–H and O–H groups in total. The summed E-state index contributed by atoms with van der Waals surface area (Å²) in [5.41, 5.74) is 1.79. The highest BCUT2D eigenvalue weighted by Gasteiger charge is 2.10.